The molecule has 0 aliphatic carbocycles. The molecule has 0 spiro atoms. The first-order chi connectivity index (χ1) is 8.57. The molecule has 1 aliphatic heterocycles. The van der Waals surface area contributed by atoms with Crippen LogP contribution in [0.15, 0.2) is 24.3 Å². The zero-order valence-electron chi connectivity index (χ0n) is 12.0. The summed E-state index contributed by atoms with van der Waals surface area (Å²) >= 11 is 0. The van der Waals surface area contributed by atoms with E-state index in [0.29, 0.717) is 5.41 Å². The summed E-state index contributed by atoms with van der Waals surface area (Å²) in [5.41, 5.74) is 3.22. The van der Waals surface area contributed by atoms with Gasteiger partial charge in [0.1, 0.15) is 0 Å². The second kappa shape index (κ2) is 5.85. The van der Waals surface area contributed by atoms with Gasteiger partial charge < -0.3 is 10.2 Å². The van der Waals surface area contributed by atoms with Crippen molar-refractivity contribution in [1.29, 1.82) is 0 Å². The highest BCUT2D eigenvalue weighted by Crippen LogP contribution is 2.26. The van der Waals surface area contributed by atoms with Gasteiger partial charge in [-0.25, -0.2) is 0 Å². The summed E-state index contributed by atoms with van der Waals surface area (Å²) in [4.78, 5) is 2.46. The monoisotopic (exact) mass is 246 g/mol. The van der Waals surface area contributed by atoms with E-state index in [4.69, 9.17) is 0 Å². The summed E-state index contributed by atoms with van der Waals surface area (Å²) in [6.07, 6.45) is 2.66. The van der Waals surface area contributed by atoms with Gasteiger partial charge in [-0.15, -0.1) is 0 Å². The van der Waals surface area contributed by atoms with Crippen LogP contribution in [0, 0.1) is 12.3 Å². The zero-order valence-corrected chi connectivity index (χ0v) is 12.0. The molecule has 1 aromatic carbocycles. The Morgan fingerprint density at radius 1 is 1.39 bits per heavy atom. The SMILES string of the molecule is Cc1cccc(CN(C)CC2(C)CCCNC2)c1. The molecule has 1 N–H and O–H groups in total. The summed E-state index contributed by atoms with van der Waals surface area (Å²) in [5, 5.41) is 3.53. The van der Waals surface area contributed by atoms with E-state index in [0.717, 1.165) is 13.1 Å². The minimum atomic E-state index is 0.441. The lowest BCUT2D eigenvalue weighted by atomic mass is 9.82. The maximum Gasteiger partial charge on any atom is 0.0231 e. The van der Waals surface area contributed by atoms with E-state index >= 15 is 0 Å². The molecule has 18 heavy (non-hydrogen) atoms. The largest absolute Gasteiger partial charge is 0.316 e. The fourth-order valence-corrected chi connectivity index (χ4v) is 3.08. The Kier molecular flexibility index (Phi) is 4.41. The topological polar surface area (TPSA) is 15.3 Å². The van der Waals surface area contributed by atoms with Crippen LogP contribution in [0.1, 0.15) is 30.9 Å². The second-order valence-corrected chi connectivity index (χ2v) is 6.25. The molecule has 0 radical (unpaired) electrons. The van der Waals surface area contributed by atoms with Crippen LogP contribution in [0.25, 0.3) is 0 Å². The number of nitrogens with one attached hydrogen (secondary N) is 1. The molecule has 1 aliphatic rings. The van der Waals surface area contributed by atoms with Crippen molar-refractivity contribution in [2.24, 2.45) is 5.41 Å². The summed E-state index contributed by atoms with van der Waals surface area (Å²) in [5.74, 6) is 0. The molecule has 0 bridgehead atoms. The average Bonchev–Trinajstić information content (AvgIpc) is 2.28. The molecule has 1 fully saturated rings. The molecule has 2 rings (SSSR count). The summed E-state index contributed by atoms with van der Waals surface area (Å²) < 4.78 is 0. The molecule has 0 amide bonds. The lowest BCUT2D eigenvalue weighted by molar-refractivity contribution is 0.148. The Labute approximate surface area is 111 Å². The quantitative estimate of drug-likeness (QED) is 0.879. The molecule has 100 valence electrons. The van der Waals surface area contributed by atoms with Gasteiger partial charge >= 0.3 is 0 Å². The molecule has 1 saturated heterocycles. The Morgan fingerprint density at radius 3 is 2.89 bits per heavy atom. The second-order valence-electron chi connectivity index (χ2n) is 6.25. The average molecular weight is 246 g/mol. The maximum absolute atomic E-state index is 3.53. The van der Waals surface area contributed by atoms with Crippen molar-refractivity contribution in [1.82, 2.24) is 10.2 Å². The third-order valence-electron chi connectivity index (χ3n) is 3.87. The van der Waals surface area contributed by atoms with Crippen LogP contribution in [0.5, 0.6) is 0 Å². The molecular formula is C16H26N2. The van der Waals surface area contributed by atoms with E-state index in [-0.39, 0.29) is 0 Å². The van der Waals surface area contributed by atoms with Gasteiger partial charge in [0.05, 0.1) is 0 Å². The summed E-state index contributed by atoms with van der Waals surface area (Å²) in [6.45, 7) is 9.15. The fourth-order valence-electron chi connectivity index (χ4n) is 3.08. The minimum Gasteiger partial charge on any atom is -0.316 e. The van der Waals surface area contributed by atoms with Crippen LogP contribution >= 0.6 is 0 Å². The van der Waals surface area contributed by atoms with Crippen molar-refractivity contribution >= 4 is 0 Å². The fraction of sp³-hybridized carbons (Fsp3) is 0.625. The lowest BCUT2D eigenvalue weighted by Gasteiger charge is -2.37. The van der Waals surface area contributed by atoms with Gasteiger partial charge in [0.25, 0.3) is 0 Å². The smallest absolute Gasteiger partial charge is 0.0231 e. The van der Waals surface area contributed by atoms with Crippen molar-refractivity contribution < 1.29 is 0 Å². The van der Waals surface area contributed by atoms with Crippen LogP contribution in [-0.4, -0.2) is 31.6 Å². The molecule has 1 unspecified atom stereocenters. The Morgan fingerprint density at radius 2 is 2.22 bits per heavy atom. The minimum absolute atomic E-state index is 0.441. The predicted octanol–water partition coefficient (Wildman–Crippen LogP) is 2.82. The van der Waals surface area contributed by atoms with Crippen LogP contribution in [0.2, 0.25) is 0 Å². The number of hydrogen-bond donors (Lipinski definition) is 1. The number of hydrogen-bond acceptors (Lipinski definition) is 2. The third kappa shape index (κ3) is 3.82. The highest BCUT2D eigenvalue weighted by Gasteiger charge is 2.27. The van der Waals surface area contributed by atoms with E-state index in [9.17, 15) is 0 Å². The van der Waals surface area contributed by atoms with Crippen molar-refractivity contribution in [3.8, 4) is 0 Å². The van der Waals surface area contributed by atoms with E-state index in [1.54, 1.807) is 0 Å². The molecule has 2 nitrogen and oxygen atoms in total. The molecule has 1 aromatic rings. The van der Waals surface area contributed by atoms with Gasteiger partial charge in [0, 0.05) is 19.6 Å². The molecule has 1 heterocycles. The molecule has 0 saturated carbocycles. The van der Waals surface area contributed by atoms with Gasteiger partial charge in [-0.1, -0.05) is 36.8 Å². The number of benzene rings is 1. The first-order valence-corrected chi connectivity index (χ1v) is 7.02. The predicted molar refractivity (Wildman–Crippen MR) is 77.7 cm³/mol. The van der Waals surface area contributed by atoms with Gasteiger partial charge in [0.15, 0.2) is 0 Å². The van der Waals surface area contributed by atoms with Crippen molar-refractivity contribution in [3.05, 3.63) is 35.4 Å². The van der Waals surface area contributed by atoms with Gasteiger partial charge in [-0.3, -0.25) is 0 Å². The third-order valence-corrected chi connectivity index (χ3v) is 3.87. The molecule has 0 aromatic heterocycles. The number of rotatable bonds is 4. The Balaban J connectivity index is 1.90. The normalized spacial score (nSPS) is 24.4. The van der Waals surface area contributed by atoms with E-state index in [1.807, 2.05) is 0 Å². The Bertz CT molecular complexity index is 380. The van der Waals surface area contributed by atoms with Crippen LogP contribution < -0.4 is 5.32 Å². The van der Waals surface area contributed by atoms with Crippen LogP contribution in [0.3, 0.4) is 0 Å². The van der Waals surface area contributed by atoms with E-state index in [1.165, 1.54) is 37.1 Å². The molecular weight excluding hydrogens is 220 g/mol. The van der Waals surface area contributed by atoms with Crippen molar-refractivity contribution in [2.75, 3.05) is 26.7 Å². The summed E-state index contributed by atoms with van der Waals surface area (Å²) in [7, 11) is 2.24. The number of nitrogens with zero attached hydrogens (tertiary/aromatic N) is 1. The van der Waals surface area contributed by atoms with Gasteiger partial charge in [-0.2, -0.15) is 0 Å². The van der Waals surface area contributed by atoms with E-state index < -0.39 is 0 Å². The van der Waals surface area contributed by atoms with Crippen molar-refractivity contribution in [3.63, 3.8) is 0 Å². The zero-order chi connectivity index (χ0) is 13.0. The van der Waals surface area contributed by atoms with Crippen molar-refractivity contribution in [2.45, 2.75) is 33.2 Å². The van der Waals surface area contributed by atoms with Crippen LogP contribution in [0.4, 0.5) is 0 Å². The summed E-state index contributed by atoms with van der Waals surface area (Å²) in [6, 6.07) is 8.83. The first kappa shape index (κ1) is 13.6. The first-order valence-electron chi connectivity index (χ1n) is 7.02. The highest BCUT2D eigenvalue weighted by molar-refractivity contribution is 5.22. The lowest BCUT2D eigenvalue weighted by Crippen LogP contribution is -2.44. The maximum atomic E-state index is 3.53. The number of aryl methyl sites for hydroxylation is 1. The van der Waals surface area contributed by atoms with Gasteiger partial charge in [-0.05, 0) is 44.3 Å². The highest BCUT2D eigenvalue weighted by atomic mass is 15.1. The van der Waals surface area contributed by atoms with Crippen LogP contribution in [-0.2, 0) is 6.54 Å². The standard InChI is InChI=1S/C16H26N2/c1-14-6-4-7-15(10-14)11-18(3)13-16(2)8-5-9-17-12-16/h4,6-7,10,17H,5,8-9,11-13H2,1-3H3. The van der Waals surface area contributed by atoms with Gasteiger partial charge in [0.2, 0.25) is 0 Å². The van der Waals surface area contributed by atoms with E-state index in [2.05, 4.69) is 55.4 Å². The Hall–Kier alpha value is -0.860. The molecule has 2 heteroatoms. The number of piperidine rings is 1. The molecule has 1 atom stereocenters.